The van der Waals surface area contributed by atoms with Crippen molar-refractivity contribution in [2.45, 2.75) is 191 Å². The summed E-state index contributed by atoms with van der Waals surface area (Å²) in [6.45, 7) is 60.7. The monoisotopic (exact) mass is 813 g/mol. The Morgan fingerprint density at radius 3 is 0.900 bits per heavy atom. The Labute approximate surface area is 373 Å². The molecule has 0 radical (unpaired) electrons. The highest BCUT2D eigenvalue weighted by molar-refractivity contribution is 5.82. The lowest BCUT2D eigenvalue weighted by atomic mass is 9.49. The van der Waals surface area contributed by atoms with E-state index in [2.05, 4.69) is 265 Å². The molecule has 0 N–H and O–H groups in total. The molecule has 0 saturated heterocycles. The predicted octanol–water partition coefficient (Wildman–Crippen LogP) is 18.9. The molecule has 0 unspecified atom stereocenters. The third-order valence-electron chi connectivity index (χ3n) is 14.5. The van der Waals surface area contributed by atoms with Crippen molar-refractivity contribution >= 4 is 6.08 Å². The molecule has 0 bridgehead atoms. The van der Waals surface area contributed by atoms with E-state index in [0.29, 0.717) is 5.41 Å². The van der Waals surface area contributed by atoms with Gasteiger partial charge in [-0.1, -0.05) is 248 Å². The molecule has 0 spiro atoms. The fourth-order valence-corrected chi connectivity index (χ4v) is 13.5. The van der Waals surface area contributed by atoms with Crippen LogP contribution in [0.15, 0.2) is 101 Å². The number of rotatable bonds is 0. The highest BCUT2D eigenvalue weighted by Crippen LogP contribution is 2.66. The maximum Gasteiger partial charge on any atom is 0.0311 e. The van der Waals surface area contributed by atoms with Crippen molar-refractivity contribution in [3.63, 3.8) is 0 Å². The first-order chi connectivity index (χ1) is 26.8. The van der Waals surface area contributed by atoms with Gasteiger partial charge in [0.15, 0.2) is 0 Å². The van der Waals surface area contributed by atoms with Crippen molar-refractivity contribution in [2.24, 2.45) is 43.3 Å². The predicted molar refractivity (Wildman–Crippen MR) is 271 cm³/mol. The van der Waals surface area contributed by atoms with Crippen LogP contribution in [-0.2, 0) is 10.8 Å². The highest BCUT2D eigenvalue weighted by Gasteiger charge is 2.58. The van der Waals surface area contributed by atoms with Crippen LogP contribution in [0.3, 0.4) is 0 Å². The summed E-state index contributed by atoms with van der Waals surface area (Å²) in [5.74, 6) is 0. The van der Waals surface area contributed by atoms with E-state index < -0.39 is 0 Å². The molecule has 0 nitrogen and oxygen atoms in total. The maximum absolute atomic E-state index is 2.43. The van der Waals surface area contributed by atoms with Gasteiger partial charge in [0.25, 0.3) is 0 Å². The standard InChI is InChI=1S/C21H26.C17H24.C17H30.C5H12/c1-19(2,3)21(20(4,5)6)17-13-9-7-11-15(17)16-12-8-10-14-18(16)21;1-15(2,3)17(16(4,5)6)12-11-13-9-7-8-10-14(13)17;1-11-12(2)14(4)17(13(11)3,15(5,6)7)16(8,9)10;1-5(2,3)4/h7-14H,1-6H3;7-12H,1-6H3;1-10H3;1-4H3. The fraction of sp³-hybridized carbons (Fsp3) is 0.600. The van der Waals surface area contributed by atoms with E-state index in [9.17, 15) is 0 Å². The summed E-state index contributed by atoms with van der Waals surface area (Å²) in [7, 11) is 0. The minimum absolute atomic E-state index is 0.0349. The summed E-state index contributed by atoms with van der Waals surface area (Å²) < 4.78 is 0. The fourth-order valence-electron chi connectivity index (χ4n) is 13.5. The largest absolute Gasteiger partial charge is 0.0723 e. The molecule has 6 rings (SSSR count). The second-order valence-corrected chi connectivity index (χ2v) is 26.3. The lowest BCUT2D eigenvalue weighted by Crippen LogP contribution is -2.49. The first-order valence-corrected chi connectivity index (χ1v) is 23.1. The maximum atomic E-state index is 2.43. The Hall–Kier alpha value is -3.12. The summed E-state index contributed by atoms with van der Waals surface area (Å²) in [5.41, 5.74) is 16.9. The van der Waals surface area contributed by atoms with E-state index in [-0.39, 0.29) is 48.7 Å². The van der Waals surface area contributed by atoms with Gasteiger partial charge >= 0.3 is 0 Å². The van der Waals surface area contributed by atoms with Crippen LogP contribution >= 0.6 is 0 Å². The van der Waals surface area contributed by atoms with Crippen LogP contribution in [0.2, 0.25) is 0 Å². The van der Waals surface area contributed by atoms with E-state index in [0.717, 1.165) is 0 Å². The number of hydrogen-bond acceptors (Lipinski definition) is 0. The van der Waals surface area contributed by atoms with E-state index >= 15 is 0 Å². The summed E-state index contributed by atoms with van der Waals surface area (Å²) >= 11 is 0. The molecule has 0 heterocycles. The molecular formula is C60H92. The Morgan fingerprint density at radius 1 is 0.333 bits per heavy atom. The molecule has 0 aromatic heterocycles. The molecule has 0 fully saturated rings. The summed E-state index contributed by atoms with van der Waals surface area (Å²) in [6, 6.07) is 26.8. The second-order valence-electron chi connectivity index (χ2n) is 26.3. The molecule has 0 atom stereocenters. The summed E-state index contributed by atoms with van der Waals surface area (Å²) in [4.78, 5) is 0. The van der Waals surface area contributed by atoms with Crippen molar-refractivity contribution in [2.75, 3.05) is 0 Å². The van der Waals surface area contributed by atoms with Crippen molar-refractivity contribution in [1.82, 2.24) is 0 Å². The lowest BCUT2D eigenvalue weighted by Gasteiger charge is -2.54. The van der Waals surface area contributed by atoms with Gasteiger partial charge in [-0.3, -0.25) is 0 Å². The van der Waals surface area contributed by atoms with Crippen LogP contribution in [0.1, 0.15) is 202 Å². The van der Waals surface area contributed by atoms with Crippen LogP contribution < -0.4 is 0 Å². The number of fused-ring (bicyclic) bond motifs is 4. The zero-order chi connectivity index (χ0) is 46.7. The quantitative estimate of drug-likeness (QED) is 0.212. The molecule has 0 saturated carbocycles. The summed E-state index contributed by atoms with van der Waals surface area (Å²) in [6.07, 6.45) is 4.73. The molecule has 0 aliphatic heterocycles. The van der Waals surface area contributed by atoms with Gasteiger partial charge in [0.1, 0.15) is 0 Å². The smallest absolute Gasteiger partial charge is 0.0311 e. The minimum atomic E-state index is 0.0349. The average molecular weight is 813 g/mol. The van der Waals surface area contributed by atoms with Gasteiger partial charge in [0.2, 0.25) is 0 Å². The van der Waals surface area contributed by atoms with Crippen LogP contribution in [0.4, 0.5) is 0 Å². The van der Waals surface area contributed by atoms with Gasteiger partial charge < -0.3 is 0 Å². The van der Waals surface area contributed by atoms with Crippen LogP contribution in [-0.4, -0.2) is 0 Å². The van der Waals surface area contributed by atoms with Crippen molar-refractivity contribution in [3.05, 3.63) is 123 Å². The molecular weight excluding hydrogens is 721 g/mol. The van der Waals surface area contributed by atoms with Crippen molar-refractivity contribution < 1.29 is 0 Å². The molecule has 0 amide bonds. The van der Waals surface area contributed by atoms with Crippen LogP contribution in [0.5, 0.6) is 0 Å². The Balaban J connectivity index is 0.000000229. The van der Waals surface area contributed by atoms with E-state index in [1.807, 2.05) is 0 Å². The topological polar surface area (TPSA) is 0 Å². The third-order valence-corrected chi connectivity index (χ3v) is 14.5. The van der Waals surface area contributed by atoms with Crippen LogP contribution in [0, 0.1) is 43.3 Å². The number of hydrogen-bond donors (Lipinski definition) is 0. The van der Waals surface area contributed by atoms with E-state index in [4.69, 9.17) is 0 Å². The second kappa shape index (κ2) is 16.5. The van der Waals surface area contributed by atoms with Gasteiger partial charge in [-0.2, -0.15) is 0 Å². The lowest BCUT2D eigenvalue weighted by molar-refractivity contribution is 0.0451. The minimum Gasteiger partial charge on any atom is -0.0723 e. The highest BCUT2D eigenvalue weighted by atomic mass is 14.6. The van der Waals surface area contributed by atoms with Crippen LogP contribution in [0.25, 0.3) is 17.2 Å². The van der Waals surface area contributed by atoms with E-state index in [1.165, 1.54) is 44.5 Å². The number of allylic oxidation sites excluding steroid dienone is 5. The number of benzene rings is 3. The Bertz CT molecular complexity index is 1950. The zero-order valence-electron chi connectivity index (χ0n) is 44.1. The SMILES string of the molecule is CC(C)(C)C.CC(C)(C)C1(C(C)(C)C)C=Cc2ccccc21.CC(C)(C)C1(C(C)(C)C)c2ccccc2-c2ccccc21.CC1=C(C)C(C(C)(C)C)(C(C)(C)C)C(C)=C1C. The Kier molecular flexibility index (Phi) is 14.1. The molecule has 3 aliphatic rings. The van der Waals surface area contributed by atoms with Gasteiger partial charge in [0, 0.05) is 16.2 Å². The normalized spacial score (nSPS) is 18.0. The van der Waals surface area contributed by atoms with Crippen molar-refractivity contribution in [1.29, 1.82) is 0 Å². The van der Waals surface area contributed by atoms with Crippen molar-refractivity contribution in [3.8, 4) is 11.1 Å². The molecule has 3 aromatic carbocycles. The molecule has 3 aromatic rings. The van der Waals surface area contributed by atoms with Gasteiger partial charge in [-0.15, -0.1) is 0 Å². The van der Waals surface area contributed by atoms with Gasteiger partial charge in [-0.05, 0) is 110 Å². The molecule has 0 heteroatoms. The molecule has 332 valence electrons. The molecule has 3 aliphatic carbocycles. The average Bonchev–Trinajstić information content (AvgIpc) is 3.67. The van der Waals surface area contributed by atoms with E-state index in [1.54, 1.807) is 11.1 Å². The third kappa shape index (κ3) is 8.63. The van der Waals surface area contributed by atoms with Gasteiger partial charge in [-0.25, -0.2) is 0 Å². The summed E-state index contributed by atoms with van der Waals surface area (Å²) in [5, 5.41) is 0. The first kappa shape index (κ1) is 51.2. The first-order valence-electron chi connectivity index (χ1n) is 23.1. The Morgan fingerprint density at radius 2 is 0.617 bits per heavy atom. The zero-order valence-corrected chi connectivity index (χ0v) is 44.1. The molecule has 60 heavy (non-hydrogen) atoms. The van der Waals surface area contributed by atoms with Gasteiger partial charge in [0.05, 0.1) is 0 Å².